The Labute approximate surface area is 136 Å². The molecule has 1 aromatic carbocycles. The van der Waals surface area contributed by atoms with Gasteiger partial charge in [-0.2, -0.15) is 0 Å². The summed E-state index contributed by atoms with van der Waals surface area (Å²) in [7, 11) is 0. The second-order valence-electron chi connectivity index (χ2n) is 6.90. The largest absolute Gasteiger partial charge is 0.385 e. The standard InChI is InChI=1S/C18H24N2OS/c1-18(2,20-12-16(21)17-19-7-8-22-17)11-13-9-14-5-3-4-6-15(14)10-13/h3-8,13,16,20-21H,9-12H2,1-2H3. The Morgan fingerprint density at radius 3 is 2.59 bits per heavy atom. The molecule has 2 N–H and O–H groups in total. The first-order valence-electron chi connectivity index (χ1n) is 7.93. The van der Waals surface area contributed by atoms with Crippen molar-refractivity contribution in [2.45, 2.75) is 44.8 Å². The first-order chi connectivity index (χ1) is 10.5. The number of aromatic nitrogens is 1. The van der Waals surface area contributed by atoms with E-state index in [-0.39, 0.29) is 5.54 Å². The zero-order valence-electron chi connectivity index (χ0n) is 13.2. The summed E-state index contributed by atoms with van der Waals surface area (Å²) in [6, 6.07) is 8.77. The summed E-state index contributed by atoms with van der Waals surface area (Å²) < 4.78 is 0. The predicted octanol–water partition coefficient (Wildman–Crippen LogP) is 3.35. The molecule has 0 fully saturated rings. The molecule has 1 unspecified atom stereocenters. The lowest BCUT2D eigenvalue weighted by atomic mass is 9.88. The first-order valence-corrected chi connectivity index (χ1v) is 8.81. The highest BCUT2D eigenvalue weighted by Gasteiger charge is 2.28. The maximum absolute atomic E-state index is 10.2. The second-order valence-corrected chi connectivity index (χ2v) is 7.82. The van der Waals surface area contributed by atoms with Crippen LogP contribution >= 0.6 is 11.3 Å². The molecule has 3 rings (SSSR count). The SMILES string of the molecule is CC(C)(CC1Cc2ccccc2C1)NCC(O)c1nccs1. The third-order valence-electron chi connectivity index (χ3n) is 4.44. The van der Waals surface area contributed by atoms with Crippen LogP contribution in [0, 0.1) is 5.92 Å². The van der Waals surface area contributed by atoms with Crippen molar-refractivity contribution in [3.8, 4) is 0 Å². The molecule has 2 aromatic rings. The van der Waals surface area contributed by atoms with Crippen LogP contribution in [0.25, 0.3) is 0 Å². The van der Waals surface area contributed by atoms with Gasteiger partial charge in [0.2, 0.25) is 0 Å². The van der Waals surface area contributed by atoms with Crippen LogP contribution in [0.3, 0.4) is 0 Å². The topological polar surface area (TPSA) is 45.1 Å². The molecule has 1 heterocycles. The average molecular weight is 316 g/mol. The number of aliphatic hydroxyl groups excluding tert-OH is 1. The summed E-state index contributed by atoms with van der Waals surface area (Å²) in [6.45, 7) is 5.01. The predicted molar refractivity (Wildman–Crippen MR) is 91.1 cm³/mol. The summed E-state index contributed by atoms with van der Waals surface area (Å²) in [5.41, 5.74) is 3.03. The molecule has 0 amide bonds. The van der Waals surface area contributed by atoms with E-state index in [1.165, 1.54) is 35.3 Å². The maximum Gasteiger partial charge on any atom is 0.122 e. The van der Waals surface area contributed by atoms with Crippen LogP contribution in [0.1, 0.15) is 42.5 Å². The lowest BCUT2D eigenvalue weighted by Gasteiger charge is -2.30. The van der Waals surface area contributed by atoms with Gasteiger partial charge in [0.25, 0.3) is 0 Å². The van der Waals surface area contributed by atoms with Crippen molar-refractivity contribution >= 4 is 11.3 Å². The molecule has 0 radical (unpaired) electrons. The second kappa shape index (κ2) is 6.49. The van der Waals surface area contributed by atoms with Crippen LogP contribution in [0.15, 0.2) is 35.8 Å². The average Bonchev–Trinajstić information content (AvgIpc) is 3.12. The zero-order chi connectivity index (χ0) is 15.6. The summed E-state index contributed by atoms with van der Waals surface area (Å²) in [4.78, 5) is 4.18. The summed E-state index contributed by atoms with van der Waals surface area (Å²) >= 11 is 1.51. The Kier molecular flexibility index (Phi) is 4.62. The Balaban J connectivity index is 1.51. The van der Waals surface area contributed by atoms with E-state index in [4.69, 9.17) is 0 Å². The van der Waals surface area contributed by atoms with E-state index >= 15 is 0 Å². The number of thiazole rings is 1. The Hall–Kier alpha value is -1.23. The molecular formula is C18H24N2OS. The highest BCUT2D eigenvalue weighted by molar-refractivity contribution is 7.09. The van der Waals surface area contributed by atoms with Crippen molar-refractivity contribution in [1.82, 2.24) is 10.3 Å². The fourth-order valence-electron chi connectivity index (χ4n) is 3.45. The van der Waals surface area contributed by atoms with Crippen molar-refractivity contribution in [2.75, 3.05) is 6.54 Å². The van der Waals surface area contributed by atoms with Crippen LogP contribution in [0.2, 0.25) is 0 Å². The molecule has 0 saturated heterocycles. The molecular weight excluding hydrogens is 292 g/mol. The van der Waals surface area contributed by atoms with E-state index in [0.717, 1.165) is 11.4 Å². The Bertz CT molecular complexity index is 584. The van der Waals surface area contributed by atoms with E-state index < -0.39 is 6.10 Å². The van der Waals surface area contributed by atoms with Crippen LogP contribution in [-0.2, 0) is 12.8 Å². The van der Waals surface area contributed by atoms with Crippen molar-refractivity contribution in [2.24, 2.45) is 5.92 Å². The van der Waals surface area contributed by atoms with Crippen LogP contribution in [0.5, 0.6) is 0 Å². The minimum Gasteiger partial charge on any atom is -0.385 e. The van der Waals surface area contributed by atoms with Crippen molar-refractivity contribution in [3.63, 3.8) is 0 Å². The molecule has 118 valence electrons. The van der Waals surface area contributed by atoms with Gasteiger partial charge in [0.15, 0.2) is 0 Å². The van der Waals surface area contributed by atoms with Gasteiger partial charge in [0.1, 0.15) is 11.1 Å². The number of hydrogen-bond donors (Lipinski definition) is 2. The molecule has 3 nitrogen and oxygen atoms in total. The molecule has 0 saturated carbocycles. The number of β-amino-alcohol motifs (C(OH)–C–C–N with tert-alkyl or cyclic N) is 1. The van der Waals surface area contributed by atoms with Gasteiger partial charge in [-0.25, -0.2) is 4.98 Å². The van der Waals surface area contributed by atoms with E-state index in [1.807, 2.05) is 5.38 Å². The number of nitrogens with zero attached hydrogens (tertiary/aromatic N) is 1. The molecule has 1 atom stereocenters. The first kappa shape index (κ1) is 15.7. The fraction of sp³-hybridized carbons (Fsp3) is 0.500. The number of hydrogen-bond acceptors (Lipinski definition) is 4. The smallest absolute Gasteiger partial charge is 0.122 e. The fourth-order valence-corrected chi connectivity index (χ4v) is 4.07. The molecule has 4 heteroatoms. The van der Waals surface area contributed by atoms with Gasteiger partial charge >= 0.3 is 0 Å². The van der Waals surface area contributed by atoms with Crippen molar-refractivity contribution in [3.05, 3.63) is 52.0 Å². The van der Waals surface area contributed by atoms with E-state index in [2.05, 4.69) is 48.4 Å². The summed E-state index contributed by atoms with van der Waals surface area (Å²) in [5, 5.41) is 16.4. The minimum atomic E-state index is -0.514. The highest BCUT2D eigenvalue weighted by atomic mass is 32.1. The van der Waals surface area contributed by atoms with Gasteiger partial charge in [-0.05, 0) is 50.2 Å². The van der Waals surface area contributed by atoms with Crippen molar-refractivity contribution < 1.29 is 5.11 Å². The molecule has 1 aliphatic carbocycles. The maximum atomic E-state index is 10.2. The number of benzene rings is 1. The summed E-state index contributed by atoms with van der Waals surface area (Å²) in [6.07, 6.45) is 4.70. The Morgan fingerprint density at radius 2 is 2.00 bits per heavy atom. The van der Waals surface area contributed by atoms with Crippen LogP contribution < -0.4 is 5.32 Å². The molecule has 0 bridgehead atoms. The van der Waals surface area contributed by atoms with E-state index in [0.29, 0.717) is 12.5 Å². The van der Waals surface area contributed by atoms with Gasteiger partial charge in [0, 0.05) is 23.7 Å². The number of nitrogens with one attached hydrogen (secondary N) is 1. The number of aliphatic hydroxyl groups is 1. The van der Waals surface area contributed by atoms with Gasteiger partial charge in [0.05, 0.1) is 0 Å². The summed E-state index contributed by atoms with van der Waals surface area (Å²) in [5.74, 6) is 0.692. The lowest BCUT2D eigenvalue weighted by molar-refractivity contribution is 0.155. The lowest BCUT2D eigenvalue weighted by Crippen LogP contribution is -2.43. The van der Waals surface area contributed by atoms with Gasteiger partial charge in [-0.15, -0.1) is 11.3 Å². The minimum absolute atomic E-state index is 0.0188. The zero-order valence-corrected chi connectivity index (χ0v) is 14.1. The van der Waals surface area contributed by atoms with Gasteiger partial charge in [-0.3, -0.25) is 0 Å². The molecule has 22 heavy (non-hydrogen) atoms. The van der Waals surface area contributed by atoms with Crippen LogP contribution in [0.4, 0.5) is 0 Å². The normalized spacial score (nSPS) is 16.7. The van der Waals surface area contributed by atoms with Crippen LogP contribution in [-0.4, -0.2) is 22.2 Å². The third-order valence-corrected chi connectivity index (χ3v) is 5.32. The monoisotopic (exact) mass is 316 g/mol. The van der Waals surface area contributed by atoms with E-state index in [1.54, 1.807) is 6.20 Å². The highest BCUT2D eigenvalue weighted by Crippen LogP contribution is 2.32. The molecule has 1 aliphatic rings. The third kappa shape index (κ3) is 3.75. The molecule has 0 spiro atoms. The van der Waals surface area contributed by atoms with Gasteiger partial charge < -0.3 is 10.4 Å². The molecule has 0 aliphatic heterocycles. The quantitative estimate of drug-likeness (QED) is 0.859. The number of fused-ring (bicyclic) bond motifs is 1. The van der Waals surface area contributed by atoms with Gasteiger partial charge in [-0.1, -0.05) is 24.3 Å². The molecule has 1 aromatic heterocycles. The van der Waals surface area contributed by atoms with Crippen molar-refractivity contribution in [1.29, 1.82) is 0 Å². The number of rotatable bonds is 6. The Morgan fingerprint density at radius 1 is 1.32 bits per heavy atom. The van der Waals surface area contributed by atoms with E-state index in [9.17, 15) is 5.11 Å².